The number of β-lactam (4-membered cyclic amide) rings is 1. The molecule has 4 fully saturated rings. The number of halogens is 3. The number of rotatable bonds is 7. The number of aromatic nitrogens is 2. The van der Waals surface area contributed by atoms with Crippen LogP contribution in [0.2, 0.25) is 0 Å². The van der Waals surface area contributed by atoms with Gasteiger partial charge in [0, 0.05) is 18.3 Å². The van der Waals surface area contributed by atoms with E-state index in [0.29, 0.717) is 5.56 Å². The molecule has 14 heteroatoms. The van der Waals surface area contributed by atoms with Crippen molar-refractivity contribution in [1.29, 1.82) is 0 Å². The molecule has 2 unspecified atom stereocenters. The number of quaternary nitrogens is 1. The lowest BCUT2D eigenvalue weighted by Crippen LogP contribution is -2.88. The molecule has 1 aromatic carbocycles. The number of carbonyl (C=O) groups excluding carboxylic acids is 3. The number of hydrogen-bond donors (Lipinski definition) is 2. The highest BCUT2D eigenvalue weighted by Crippen LogP contribution is 2.99. The van der Waals surface area contributed by atoms with E-state index in [-0.39, 0.29) is 12.2 Å². The molecule has 2 saturated carbocycles. The molecule has 4 aliphatic rings. The second-order valence-electron chi connectivity index (χ2n) is 12.1. The van der Waals surface area contributed by atoms with Crippen LogP contribution in [0.15, 0.2) is 43.0 Å². The van der Waals surface area contributed by atoms with Gasteiger partial charge in [-0.05, 0) is 22.6 Å². The van der Waals surface area contributed by atoms with Gasteiger partial charge in [0.1, 0.15) is 12.9 Å². The lowest BCUT2D eigenvalue weighted by molar-refractivity contribution is -0.965. The molecule has 6 atom stereocenters. The second kappa shape index (κ2) is 8.24. The molecule has 2 N–H and O–H groups in total. The average molecular weight is 575 g/mol. The molecule has 11 nitrogen and oxygen atoms in total. The number of carbonyl (C=O) groups is 4. The SMILES string of the molecule is CC(C)(C)[C@H]1COC(=O)N1[C@@]12[C@@H]3C(c4cncnc4)[C@]31C(=O)[N+]2(CC(=O)O)NC(=O)Cc1cccc(C(F)(F)F)c1. The minimum absolute atomic E-state index is 0.00540. The molecule has 216 valence electrons. The third kappa shape index (κ3) is 3.36. The minimum Gasteiger partial charge on any atom is -0.477 e. The topological polar surface area (TPSA) is 139 Å². The lowest BCUT2D eigenvalue weighted by atomic mass is 9.77. The van der Waals surface area contributed by atoms with Crippen molar-refractivity contribution in [3.63, 3.8) is 0 Å². The smallest absolute Gasteiger partial charge is 0.416 e. The lowest BCUT2D eigenvalue weighted by Gasteiger charge is -2.57. The van der Waals surface area contributed by atoms with Crippen LogP contribution in [0.5, 0.6) is 0 Å². The molecule has 2 aromatic rings. The van der Waals surface area contributed by atoms with E-state index in [9.17, 15) is 37.5 Å². The van der Waals surface area contributed by atoms with E-state index in [4.69, 9.17) is 4.74 Å². The van der Waals surface area contributed by atoms with Crippen LogP contribution >= 0.6 is 0 Å². The Morgan fingerprint density at radius 1 is 1.20 bits per heavy atom. The number of benzene rings is 1. The molecule has 2 saturated heterocycles. The Morgan fingerprint density at radius 3 is 2.46 bits per heavy atom. The third-order valence-electron chi connectivity index (χ3n) is 8.93. The number of hydrogen-bond acceptors (Lipinski definition) is 7. The first-order valence-corrected chi connectivity index (χ1v) is 13.0. The molecular weight excluding hydrogens is 547 g/mol. The Morgan fingerprint density at radius 2 is 1.88 bits per heavy atom. The van der Waals surface area contributed by atoms with Crippen molar-refractivity contribution in [2.24, 2.45) is 16.7 Å². The number of amides is 3. The van der Waals surface area contributed by atoms with Crippen LogP contribution in [-0.4, -0.2) is 73.3 Å². The standard InChI is InChI=1S/C27H26F3N5O6/c1-24(2,3)17-12-41-23(40)34(17)26-21-20(15-9-31-13-32-10-15)25(21,26)22(39)35(26,11-19(37)38)33-18(36)8-14-5-4-6-16(7-14)27(28,29)30/h4-7,9-10,13,17,20-21H,8,11-12H2,1-3H3,(H-,33,36,37,38)/p+1/t17-,20?,21-,25-,26-,35?/m1/s1. The molecule has 2 aliphatic carbocycles. The Kier molecular flexibility index (Phi) is 5.45. The largest absolute Gasteiger partial charge is 0.477 e. The van der Waals surface area contributed by atoms with Gasteiger partial charge in [-0.25, -0.2) is 29.3 Å². The summed E-state index contributed by atoms with van der Waals surface area (Å²) in [6.07, 6.45) is -1.47. The number of ether oxygens (including phenoxy) is 1. The predicted octanol–water partition coefficient (Wildman–Crippen LogP) is 2.49. The van der Waals surface area contributed by atoms with E-state index in [0.717, 1.165) is 18.2 Å². The molecule has 41 heavy (non-hydrogen) atoms. The van der Waals surface area contributed by atoms with Crippen molar-refractivity contribution in [3.8, 4) is 0 Å². The Balaban J connectivity index is 1.40. The fourth-order valence-electron chi connectivity index (χ4n) is 7.40. The molecule has 3 amide bonds. The first kappa shape index (κ1) is 27.1. The zero-order chi connectivity index (χ0) is 29.8. The summed E-state index contributed by atoms with van der Waals surface area (Å²) >= 11 is 0. The molecule has 2 aliphatic heterocycles. The average Bonchev–Trinajstić information content (AvgIpc) is 3.67. The van der Waals surface area contributed by atoms with Crippen molar-refractivity contribution >= 4 is 23.9 Å². The van der Waals surface area contributed by atoms with Gasteiger partial charge in [0.2, 0.25) is 12.2 Å². The fourth-order valence-corrected chi connectivity index (χ4v) is 7.40. The van der Waals surface area contributed by atoms with Crippen LogP contribution in [-0.2, 0) is 31.7 Å². The molecule has 3 heterocycles. The summed E-state index contributed by atoms with van der Waals surface area (Å²) in [5.74, 6) is -3.80. The van der Waals surface area contributed by atoms with Crippen molar-refractivity contribution in [2.45, 2.75) is 51.0 Å². The van der Waals surface area contributed by atoms with Crippen LogP contribution in [0.25, 0.3) is 0 Å². The van der Waals surface area contributed by atoms with Gasteiger partial charge in [0.25, 0.3) is 5.91 Å². The van der Waals surface area contributed by atoms with Gasteiger partial charge in [-0.3, -0.25) is 4.79 Å². The summed E-state index contributed by atoms with van der Waals surface area (Å²) in [5, 5.41) is 9.93. The zero-order valence-electron chi connectivity index (χ0n) is 22.3. The Bertz CT molecular complexity index is 1500. The zero-order valence-corrected chi connectivity index (χ0v) is 22.3. The van der Waals surface area contributed by atoms with Crippen LogP contribution < -0.4 is 5.43 Å². The number of alkyl halides is 3. The van der Waals surface area contributed by atoms with E-state index < -0.39 is 87.5 Å². The summed E-state index contributed by atoms with van der Waals surface area (Å²) in [5.41, 5.74) is -0.890. The summed E-state index contributed by atoms with van der Waals surface area (Å²) < 4.78 is 44.1. The summed E-state index contributed by atoms with van der Waals surface area (Å²) in [6, 6.07) is 3.64. The number of piperidine rings is 1. The van der Waals surface area contributed by atoms with E-state index in [1.165, 1.54) is 17.3 Å². The summed E-state index contributed by atoms with van der Waals surface area (Å²) in [4.78, 5) is 62.4. The van der Waals surface area contributed by atoms with Gasteiger partial charge in [0.15, 0.2) is 5.41 Å². The maximum atomic E-state index is 14.1. The highest BCUT2D eigenvalue weighted by atomic mass is 19.4. The van der Waals surface area contributed by atoms with Crippen molar-refractivity contribution in [2.75, 3.05) is 13.2 Å². The first-order chi connectivity index (χ1) is 19.1. The quantitative estimate of drug-likeness (QED) is 0.380. The maximum Gasteiger partial charge on any atom is 0.416 e. The molecule has 6 rings (SSSR count). The number of cyclic esters (lactones) is 1. The third-order valence-corrected chi connectivity index (χ3v) is 8.93. The van der Waals surface area contributed by atoms with Crippen molar-refractivity contribution in [3.05, 3.63) is 59.7 Å². The van der Waals surface area contributed by atoms with Crippen molar-refractivity contribution in [1.82, 2.24) is 20.3 Å². The number of fused-ring (bicyclic) bond motifs is 1. The van der Waals surface area contributed by atoms with E-state index in [2.05, 4.69) is 15.4 Å². The molecule has 0 radical (unpaired) electrons. The number of nitrogens with one attached hydrogen (secondary N) is 1. The fraction of sp³-hybridized carbons (Fsp3) is 0.481. The second-order valence-corrected chi connectivity index (χ2v) is 12.1. The van der Waals surface area contributed by atoms with E-state index >= 15 is 0 Å². The van der Waals surface area contributed by atoms with Gasteiger partial charge in [0.05, 0.1) is 23.9 Å². The molecule has 1 spiro atoms. The normalized spacial score (nSPS) is 33.3. The number of aliphatic carboxylic acids is 1. The summed E-state index contributed by atoms with van der Waals surface area (Å²) in [7, 11) is 0. The maximum absolute atomic E-state index is 14.1. The number of likely N-dealkylation sites (tertiary alicyclic amines) is 1. The molecule has 1 aromatic heterocycles. The van der Waals surface area contributed by atoms with Gasteiger partial charge in [-0.15, -0.1) is 4.59 Å². The Labute approximate surface area is 231 Å². The van der Waals surface area contributed by atoms with Gasteiger partial charge in [-0.2, -0.15) is 18.6 Å². The van der Waals surface area contributed by atoms with Gasteiger partial charge >= 0.3 is 24.1 Å². The van der Waals surface area contributed by atoms with Gasteiger partial charge < -0.3 is 9.84 Å². The van der Waals surface area contributed by atoms with Crippen LogP contribution in [0.3, 0.4) is 0 Å². The van der Waals surface area contributed by atoms with E-state index in [1.807, 2.05) is 20.8 Å². The van der Waals surface area contributed by atoms with Gasteiger partial charge in [-0.1, -0.05) is 39.0 Å². The Hall–Kier alpha value is -4.07. The molecular formula is C27H27F3N5O6+. The predicted molar refractivity (Wildman–Crippen MR) is 131 cm³/mol. The number of carboxylic acid groups (broad SMARTS) is 1. The number of nitrogens with zero attached hydrogens (tertiary/aromatic N) is 4. The monoisotopic (exact) mass is 574 g/mol. The van der Waals surface area contributed by atoms with Crippen LogP contribution in [0, 0.1) is 16.7 Å². The summed E-state index contributed by atoms with van der Waals surface area (Å²) in [6.45, 7) is 4.77. The van der Waals surface area contributed by atoms with Crippen LogP contribution in [0.1, 0.15) is 43.4 Å². The van der Waals surface area contributed by atoms with Crippen LogP contribution in [0.4, 0.5) is 18.0 Å². The van der Waals surface area contributed by atoms with E-state index in [1.54, 1.807) is 12.4 Å². The highest BCUT2D eigenvalue weighted by molar-refractivity contribution is 6.02. The number of carboxylic acids is 1. The minimum atomic E-state index is -4.63. The first-order valence-electron chi connectivity index (χ1n) is 13.0. The highest BCUT2D eigenvalue weighted by Gasteiger charge is 3.21. The van der Waals surface area contributed by atoms with Crippen molar-refractivity contribution < 1.29 is 46.8 Å². The molecule has 0 bridgehead atoms.